The summed E-state index contributed by atoms with van der Waals surface area (Å²) in [5.41, 5.74) is 1.67. The molecule has 0 aliphatic heterocycles. The van der Waals surface area contributed by atoms with Crippen molar-refractivity contribution >= 4 is 0 Å². The molecule has 0 radical (unpaired) electrons. The number of aryl methyl sites for hydroxylation is 1. The first-order valence-corrected chi connectivity index (χ1v) is 5.61. The van der Waals surface area contributed by atoms with Crippen molar-refractivity contribution < 1.29 is 9.47 Å². The molecule has 0 unspecified atom stereocenters. The molecule has 18 heavy (non-hydrogen) atoms. The van der Waals surface area contributed by atoms with Crippen molar-refractivity contribution in [2.45, 2.75) is 13.5 Å². The highest BCUT2D eigenvalue weighted by molar-refractivity contribution is 5.42. The minimum absolute atomic E-state index is 0.0597. The van der Waals surface area contributed by atoms with Gasteiger partial charge in [-0.15, -0.1) is 0 Å². The Bertz CT molecular complexity index is 599. The standard InChI is InChI=1S/C13H16N2O3/c1-9-7-15(14-13(9)16)8-10-4-5-11(17-2)12(6-10)18-3/h4-7H,8H2,1-3H3,(H,14,16). The highest BCUT2D eigenvalue weighted by Crippen LogP contribution is 2.27. The van der Waals surface area contributed by atoms with Crippen molar-refractivity contribution in [2.24, 2.45) is 0 Å². The summed E-state index contributed by atoms with van der Waals surface area (Å²) in [6.07, 6.45) is 1.79. The predicted molar refractivity (Wildman–Crippen MR) is 68.4 cm³/mol. The molecule has 1 aromatic carbocycles. The first kappa shape index (κ1) is 12.3. The van der Waals surface area contributed by atoms with Crippen LogP contribution >= 0.6 is 0 Å². The van der Waals surface area contributed by atoms with Crippen LogP contribution in [0.2, 0.25) is 0 Å². The summed E-state index contributed by atoms with van der Waals surface area (Å²) in [6.45, 7) is 2.37. The molecule has 1 heterocycles. The maximum atomic E-state index is 11.3. The fraction of sp³-hybridized carbons (Fsp3) is 0.308. The zero-order valence-electron chi connectivity index (χ0n) is 10.7. The molecule has 5 heteroatoms. The third kappa shape index (κ3) is 2.40. The zero-order valence-corrected chi connectivity index (χ0v) is 10.7. The Hall–Kier alpha value is -2.17. The largest absolute Gasteiger partial charge is 0.493 e. The molecule has 0 fully saturated rings. The smallest absolute Gasteiger partial charge is 0.266 e. The van der Waals surface area contributed by atoms with Crippen molar-refractivity contribution in [3.05, 3.63) is 45.9 Å². The maximum absolute atomic E-state index is 11.3. The SMILES string of the molecule is COc1ccc(Cn2cc(C)c(=O)[nH]2)cc1OC. The Morgan fingerprint density at radius 2 is 1.94 bits per heavy atom. The average Bonchev–Trinajstić information content (AvgIpc) is 2.68. The molecule has 0 saturated carbocycles. The van der Waals surface area contributed by atoms with Crippen LogP contribution in [0.1, 0.15) is 11.1 Å². The quantitative estimate of drug-likeness (QED) is 0.893. The number of hydrogen-bond acceptors (Lipinski definition) is 3. The number of hydrogen-bond donors (Lipinski definition) is 1. The van der Waals surface area contributed by atoms with Gasteiger partial charge in [0.15, 0.2) is 11.5 Å². The minimum atomic E-state index is -0.0597. The van der Waals surface area contributed by atoms with E-state index >= 15 is 0 Å². The molecule has 96 valence electrons. The van der Waals surface area contributed by atoms with Gasteiger partial charge >= 0.3 is 0 Å². The minimum Gasteiger partial charge on any atom is -0.493 e. The van der Waals surface area contributed by atoms with E-state index in [-0.39, 0.29) is 5.56 Å². The second kappa shape index (κ2) is 5.00. The van der Waals surface area contributed by atoms with Crippen molar-refractivity contribution in [3.63, 3.8) is 0 Å². The first-order chi connectivity index (χ1) is 8.63. The molecule has 0 amide bonds. The molecular weight excluding hydrogens is 232 g/mol. The van der Waals surface area contributed by atoms with E-state index in [0.717, 1.165) is 5.56 Å². The molecule has 0 bridgehead atoms. The predicted octanol–water partition coefficient (Wildman–Crippen LogP) is 1.55. The second-order valence-electron chi connectivity index (χ2n) is 4.07. The van der Waals surface area contributed by atoms with Crippen LogP contribution in [-0.4, -0.2) is 24.0 Å². The van der Waals surface area contributed by atoms with Crippen LogP contribution in [0.3, 0.4) is 0 Å². The van der Waals surface area contributed by atoms with Crippen LogP contribution in [-0.2, 0) is 6.54 Å². The number of rotatable bonds is 4. The monoisotopic (exact) mass is 248 g/mol. The molecule has 1 aromatic heterocycles. The van der Waals surface area contributed by atoms with Gasteiger partial charge in [-0.05, 0) is 24.6 Å². The van der Waals surface area contributed by atoms with E-state index in [9.17, 15) is 4.79 Å². The highest BCUT2D eigenvalue weighted by atomic mass is 16.5. The maximum Gasteiger partial charge on any atom is 0.266 e. The normalized spacial score (nSPS) is 10.4. The van der Waals surface area contributed by atoms with E-state index in [2.05, 4.69) is 5.10 Å². The van der Waals surface area contributed by atoms with Crippen LogP contribution in [0.25, 0.3) is 0 Å². The number of ether oxygens (including phenoxy) is 2. The Balaban J connectivity index is 2.26. The highest BCUT2D eigenvalue weighted by Gasteiger charge is 2.05. The summed E-state index contributed by atoms with van der Waals surface area (Å²) in [4.78, 5) is 11.3. The fourth-order valence-corrected chi connectivity index (χ4v) is 1.80. The topological polar surface area (TPSA) is 56.2 Å². The molecule has 0 aliphatic rings. The summed E-state index contributed by atoms with van der Waals surface area (Å²) in [6, 6.07) is 5.68. The Morgan fingerprint density at radius 3 is 2.50 bits per heavy atom. The third-order valence-corrected chi connectivity index (χ3v) is 2.75. The van der Waals surface area contributed by atoms with Gasteiger partial charge in [-0.25, -0.2) is 0 Å². The molecule has 5 nitrogen and oxygen atoms in total. The Kier molecular flexibility index (Phi) is 3.41. The van der Waals surface area contributed by atoms with Gasteiger partial charge in [0.2, 0.25) is 0 Å². The van der Waals surface area contributed by atoms with Crippen LogP contribution in [0.5, 0.6) is 11.5 Å². The van der Waals surface area contributed by atoms with Crippen LogP contribution < -0.4 is 15.0 Å². The first-order valence-electron chi connectivity index (χ1n) is 5.61. The van der Waals surface area contributed by atoms with Crippen LogP contribution in [0.4, 0.5) is 0 Å². The Morgan fingerprint density at radius 1 is 1.22 bits per heavy atom. The lowest BCUT2D eigenvalue weighted by molar-refractivity contribution is 0.354. The molecule has 0 saturated heterocycles. The second-order valence-corrected chi connectivity index (χ2v) is 4.07. The number of aromatic amines is 1. The van der Waals surface area contributed by atoms with Crippen molar-refractivity contribution in [1.29, 1.82) is 0 Å². The van der Waals surface area contributed by atoms with E-state index in [0.29, 0.717) is 23.6 Å². The zero-order chi connectivity index (χ0) is 13.1. The van der Waals surface area contributed by atoms with Gasteiger partial charge in [-0.3, -0.25) is 14.6 Å². The molecule has 0 aliphatic carbocycles. The van der Waals surface area contributed by atoms with E-state index in [1.54, 1.807) is 32.0 Å². The number of nitrogens with zero attached hydrogens (tertiary/aromatic N) is 1. The van der Waals surface area contributed by atoms with E-state index in [1.807, 2.05) is 18.2 Å². The van der Waals surface area contributed by atoms with Crippen molar-refractivity contribution in [3.8, 4) is 11.5 Å². The number of methoxy groups -OCH3 is 2. The number of aromatic nitrogens is 2. The summed E-state index contributed by atoms with van der Waals surface area (Å²) in [5.74, 6) is 1.37. The molecule has 0 spiro atoms. The lowest BCUT2D eigenvalue weighted by Crippen LogP contribution is -2.07. The number of benzene rings is 1. The molecule has 0 atom stereocenters. The summed E-state index contributed by atoms with van der Waals surface area (Å²) < 4.78 is 12.2. The van der Waals surface area contributed by atoms with Crippen molar-refractivity contribution in [2.75, 3.05) is 14.2 Å². The van der Waals surface area contributed by atoms with Gasteiger partial charge < -0.3 is 9.47 Å². The lowest BCUT2D eigenvalue weighted by atomic mass is 10.2. The summed E-state index contributed by atoms with van der Waals surface area (Å²) in [7, 11) is 3.20. The van der Waals surface area contributed by atoms with E-state index in [4.69, 9.17) is 9.47 Å². The Labute approximate surface area is 105 Å². The summed E-state index contributed by atoms with van der Waals surface area (Å²) >= 11 is 0. The van der Waals surface area contributed by atoms with Gasteiger partial charge in [-0.1, -0.05) is 6.07 Å². The fourth-order valence-electron chi connectivity index (χ4n) is 1.80. The lowest BCUT2D eigenvalue weighted by Gasteiger charge is -2.09. The molecule has 1 N–H and O–H groups in total. The van der Waals surface area contributed by atoms with Gasteiger partial charge in [0, 0.05) is 11.8 Å². The van der Waals surface area contributed by atoms with Gasteiger partial charge in [0.1, 0.15) is 0 Å². The van der Waals surface area contributed by atoms with Gasteiger partial charge in [0.05, 0.1) is 20.8 Å². The van der Waals surface area contributed by atoms with Crippen LogP contribution in [0, 0.1) is 6.92 Å². The third-order valence-electron chi connectivity index (χ3n) is 2.75. The molecular formula is C13H16N2O3. The molecule has 2 aromatic rings. The van der Waals surface area contributed by atoms with Crippen LogP contribution in [0.15, 0.2) is 29.2 Å². The molecule has 2 rings (SSSR count). The van der Waals surface area contributed by atoms with Crippen molar-refractivity contribution in [1.82, 2.24) is 9.78 Å². The van der Waals surface area contributed by atoms with Gasteiger partial charge in [-0.2, -0.15) is 0 Å². The van der Waals surface area contributed by atoms with E-state index < -0.39 is 0 Å². The van der Waals surface area contributed by atoms with E-state index in [1.165, 1.54) is 0 Å². The number of nitrogens with one attached hydrogen (secondary N) is 1. The average molecular weight is 248 g/mol. The summed E-state index contributed by atoms with van der Waals surface area (Å²) in [5, 5.41) is 2.75. The number of H-pyrrole nitrogens is 1. The van der Waals surface area contributed by atoms with Gasteiger partial charge in [0.25, 0.3) is 5.56 Å².